The molecule has 6 nitrogen and oxygen atoms in total. The molecular weight excluding hydrogens is 577 g/mol. The van der Waals surface area contributed by atoms with Gasteiger partial charge in [0, 0.05) is 45.8 Å². The number of aromatic nitrogens is 3. The van der Waals surface area contributed by atoms with Gasteiger partial charge in [0.15, 0.2) is 0 Å². The molecule has 1 N–H and O–H groups in total. The van der Waals surface area contributed by atoms with Crippen molar-refractivity contribution in [2.45, 2.75) is 70.5 Å². The van der Waals surface area contributed by atoms with E-state index in [9.17, 15) is 4.79 Å². The number of para-hydroxylation sites is 1. The lowest BCUT2D eigenvalue weighted by Gasteiger charge is -2.29. The molecule has 0 aliphatic heterocycles. The van der Waals surface area contributed by atoms with Crippen LogP contribution in [0.3, 0.4) is 0 Å². The smallest absolute Gasteiger partial charge is 0.317 e. The van der Waals surface area contributed by atoms with Gasteiger partial charge in [-0.05, 0) is 66.8 Å². The van der Waals surface area contributed by atoms with Crippen LogP contribution in [0.5, 0.6) is 0 Å². The van der Waals surface area contributed by atoms with Gasteiger partial charge in [-0.3, -0.25) is 4.68 Å². The quantitative estimate of drug-likeness (QED) is 0.205. The van der Waals surface area contributed by atoms with Crippen molar-refractivity contribution in [3.8, 4) is 0 Å². The molecule has 1 heterocycles. The molecule has 3 aromatic carbocycles. The van der Waals surface area contributed by atoms with Gasteiger partial charge in [0.25, 0.3) is 0 Å². The minimum Gasteiger partial charge on any atom is -0.317 e. The summed E-state index contributed by atoms with van der Waals surface area (Å²) in [7, 11) is 0. The van der Waals surface area contributed by atoms with Gasteiger partial charge in [0.05, 0.1) is 0 Å². The maximum absolute atomic E-state index is 12.8. The number of carbonyl (C=O) groups is 1. The number of hydrogen-bond donors (Lipinski definition) is 1. The van der Waals surface area contributed by atoms with Gasteiger partial charge in [0.2, 0.25) is 0 Å². The predicted octanol–water partition coefficient (Wildman–Crippen LogP) is 9.49. The molecule has 216 valence electrons. The van der Waals surface area contributed by atoms with Gasteiger partial charge < -0.3 is 10.2 Å². The second-order valence-corrected chi connectivity index (χ2v) is 11.5. The SMILES string of the molecule is CCCC(Cn1cncn1)c1ccc(Cl)cc1Cl.O=C(Nc1ccccc1)N(Cc1ccc(Cl)cc1)C1CCCC1. The summed E-state index contributed by atoms with van der Waals surface area (Å²) < 4.78 is 1.84. The number of halogens is 3. The normalized spacial score (nSPS) is 13.8. The number of urea groups is 1. The minimum absolute atomic E-state index is 0.0296. The molecule has 0 spiro atoms. The van der Waals surface area contributed by atoms with Crippen molar-refractivity contribution in [2.75, 3.05) is 5.32 Å². The Hall–Kier alpha value is -3.06. The standard InChI is InChI=1S/C19H21ClN2O.C13H15Cl2N3/c20-16-12-10-15(11-13-16)14-22(18-8-4-5-9-18)19(23)21-17-6-2-1-3-7-17;1-2-3-10(7-18-9-16-8-17-18)12-5-4-11(14)6-13(12)15/h1-3,6-7,10-13,18H,4-5,8-9,14H2,(H,21,23);4-6,8-10H,2-3,7H2,1H3. The second-order valence-electron chi connectivity index (χ2n) is 10.3. The summed E-state index contributed by atoms with van der Waals surface area (Å²) in [6.07, 6.45) is 9.98. The van der Waals surface area contributed by atoms with Crippen LogP contribution < -0.4 is 5.32 Å². The Balaban J connectivity index is 0.000000195. The molecule has 1 aromatic heterocycles. The molecular formula is C32H36Cl3N5O. The Morgan fingerprint density at radius 3 is 2.34 bits per heavy atom. The van der Waals surface area contributed by atoms with Crippen LogP contribution in [0.2, 0.25) is 15.1 Å². The van der Waals surface area contributed by atoms with E-state index in [1.807, 2.05) is 76.3 Å². The Morgan fingerprint density at radius 2 is 1.71 bits per heavy atom. The van der Waals surface area contributed by atoms with Crippen molar-refractivity contribution in [1.82, 2.24) is 19.7 Å². The van der Waals surface area contributed by atoms with E-state index < -0.39 is 0 Å². The largest absolute Gasteiger partial charge is 0.322 e. The van der Waals surface area contributed by atoms with Crippen LogP contribution in [0.1, 0.15) is 62.5 Å². The van der Waals surface area contributed by atoms with E-state index in [4.69, 9.17) is 34.8 Å². The molecule has 1 saturated carbocycles. The van der Waals surface area contributed by atoms with Gasteiger partial charge in [-0.2, -0.15) is 5.10 Å². The number of anilines is 1. The molecule has 1 aliphatic rings. The molecule has 1 unspecified atom stereocenters. The summed E-state index contributed by atoms with van der Waals surface area (Å²) in [6.45, 7) is 3.56. The van der Waals surface area contributed by atoms with E-state index in [1.54, 1.807) is 18.7 Å². The number of nitrogens with zero attached hydrogens (tertiary/aromatic N) is 4. The molecule has 0 radical (unpaired) electrons. The van der Waals surface area contributed by atoms with E-state index in [0.29, 0.717) is 23.5 Å². The fourth-order valence-corrected chi connectivity index (χ4v) is 5.85. The highest BCUT2D eigenvalue weighted by Gasteiger charge is 2.27. The zero-order valence-electron chi connectivity index (χ0n) is 23.2. The zero-order valence-corrected chi connectivity index (χ0v) is 25.5. The molecule has 5 rings (SSSR count). The van der Waals surface area contributed by atoms with Crippen LogP contribution in [0, 0.1) is 0 Å². The molecule has 4 aromatic rings. The van der Waals surface area contributed by atoms with E-state index in [2.05, 4.69) is 22.3 Å². The molecule has 2 amide bonds. The summed E-state index contributed by atoms with van der Waals surface area (Å²) >= 11 is 18.2. The third-order valence-electron chi connectivity index (χ3n) is 7.23. The maximum atomic E-state index is 12.8. The number of carbonyl (C=O) groups excluding carboxylic acids is 1. The molecule has 0 saturated heterocycles. The number of amides is 2. The third kappa shape index (κ3) is 9.49. The Kier molecular flexibility index (Phi) is 11.9. The van der Waals surface area contributed by atoms with Crippen molar-refractivity contribution >= 4 is 46.5 Å². The summed E-state index contributed by atoms with van der Waals surface area (Å²) in [4.78, 5) is 18.7. The van der Waals surface area contributed by atoms with Gasteiger partial charge in [-0.15, -0.1) is 0 Å². The van der Waals surface area contributed by atoms with Crippen LogP contribution in [-0.2, 0) is 13.1 Å². The number of benzene rings is 3. The summed E-state index contributed by atoms with van der Waals surface area (Å²) in [5.41, 5.74) is 3.06. The number of nitrogens with one attached hydrogen (secondary N) is 1. The lowest BCUT2D eigenvalue weighted by molar-refractivity contribution is 0.184. The van der Waals surface area contributed by atoms with Crippen LogP contribution in [0.4, 0.5) is 10.5 Å². The van der Waals surface area contributed by atoms with Gasteiger partial charge >= 0.3 is 6.03 Å². The fraction of sp³-hybridized carbons (Fsp3) is 0.344. The Bertz CT molecular complexity index is 1340. The van der Waals surface area contributed by atoms with Crippen LogP contribution >= 0.6 is 34.8 Å². The van der Waals surface area contributed by atoms with Crippen LogP contribution in [-0.4, -0.2) is 31.7 Å². The van der Waals surface area contributed by atoms with Crippen molar-refractivity contribution in [3.63, 3.8) is 0 Å². The first-order chi connectivity index (χ1) is 19.9. The molecule has 41 heavy (non-hydrogen) atoms. The molecule has 1 fully saturated rings. The average Bonchev–Trinajstić information content (AvgIpc) is 3.69. The van der Waals surface area contributed by atoms with Crippen LogP contribution in [0.25, 0.3) is 0 Å². The minimum atomic E-state index is -0.0296. The predicted molar refractivity (Wildman–Crippen MR) is 169 cm³/mol. The van der Waals surface area contributed by atoms with Gasteiger partial charge in [-0.1, -0.05) is 97.4 Å². The topological polar surface area (TPSA) is 63.1 Å². The zero-order chi connectivity index (χ0) is 29.0. The van der Waals surface area contributed by atoms with Crippen molar-refractivity contribution in [2.24, 2.45) is 0 Å². The summed E-state index contributed by atoms with van der Waals surface area (Å²) in [5.74, 6) is 0.335. The molecule has 1 atom stereocenters. The van der Waals surface area contributed by atoms with E-state index >= 15 is 0 Å². The monoisotopic (exact) mass is 611 g/mol. The Morgan fingerprint density at radius 1 is 1.00 bits per heavy atom. The average molecular weight is 613 g/mol. The highest BCUT2D eigenvalue weighted by atomic mass is 35.5. The lowest BCUT2D eigenvalue weighted by Crippen LogP contribution is -2.41. The van der Waals surface area contributed by atoms with Crippen molar-refractivity contribution in [1.29, 1.82) is 0 Å². The maximum Gasteiger partial charge on any atom is 0.322 e. The molecule has 1 aliphatic carbocycles. The number of hydrogen-bond acceptors (Lipinski definition) is 3. The first kappa shape index (κ1) is 30.9. The third-order valence-corrected chi connectivity index (χ3v) is 8.05. The van der Waals surface area contributed by atoms with E-state index in [-0.39, 0.29) is 6.03 Å². The summed E-state index contributed by atoms with van der Waals surface area (Å²) in [6, 6.07) is 23.3. The fourth-order valence-electron chi connectivity index (χ4n) is 5.16. The van der Waals surface area contributed by atoms with Gasteiger partial charge in [0.1, 0.15) is 12.7 Å². The first-order valence-corrected chi connectivity index (χ1v) is 15.2. The Labute approximate surface area is 257 Å². The lowest BCUT2D eigenvalue weighted by atomic mass is 9.94. The highest BCUT2D eigenvalue weighted by molar-refractivity contribution is 6.35. The van der Waals surface area contributed by atoms with Crippen LogP contribution in [0.15, 0.2) is 85.5 Å². The van der Waals surface area contributed by atoms with Crippen molar-refractivity contribution < 1.29 is 4.79 Å². The van der Waals surface area contributed by atoms with E-state index in [1.165, 1.54) is 12.8 Å². The second kappa shape index (κ2) is 15.8. The summed E-state index contributed by atoms with van der Waals surface area (Å²) in [5, 5.41) is 9.27. The van der Waals surface area contributed by atoms with Crippen molar-refractivity contribution in [3.05, 3.63) is 112 Å². The van der Waals surface area contributed by atoms with Gasteiger partial charge in [-0.25, -0.2) is 9.78 Å². The molecule has 9 heteroatoms. The highest BCUT2D eigenvalue weighted by Crippen LogP contribution is 2.31. The first-order valence-electron chi connectivity index (χ1n) is 14.1. The van der Waals surface area contributed by atoms with E-state index in [0.717, 1.165) is 59.1 Å². The molecule has 0 bridgehead atoms. The number of rotatable bonds is 9.